The van der Waals surface area contributed by atoms with Gasteiger partial charge < -0.3 is 14.2 Å². The third-order valence-electron chi connectivity index (χ3n) is 2.43. The Bertz CT molecular complexity index is 157. The Morgan fingerprint density at radius 3 is 2.50 bits per heavy atom. The largest absolute Gasteiger partial charge is 0.372 e. The van der Waals surface area contributed by atoms with E-state index in [1.165, 1.54) is 0 Å². The van der Waals surface area contributed by atoms with Crippen molar-refractivity contribution in [1.82, 2.24) is 0 Å². The molecular weight excluding hydrogens is 200 g/mol. The van der Waals surface area contributed by atoms with E-state index in [0.717, 1.165) is 25.2 Å². The minimum absolute atomic E-state index is 0.0416. The summed E-state index contributed by atoms with van der Waals surface area (Å²) in [5.41, 5.74) is 0. The second-order valence-corrected chi connectivity index (χ2v) is 3.75. The predicted octanol–water partition coefficient (Wildman–Crippen LogP) is 1.86. The zero-order valence-corrected chi connectivity index (χ0v) is 9.89. The monoisotopic (exact) mass is 220 g/mol. The van der Waals surface area contributed by atoms with Crippen molar-refractivity contribution in [2.75, 3.05) is 25.6 Å². The minimum Gasteiger partial charge on any atom is -0.372 e. The summed E-state index contributed by atoms with van der Waals surface area (Å²) in [5, 5.41) is 0. The van der Waals surface area contributed by atoms with Gasteiger partial charge >= 0.3 is 0 Å². The Hall–Kier alpha value is 0.230. The SMILES string of the molecule is CCOC1(OCC)CCOC1CCS. The third-order valence-corrected chi connectivity index (χ3v) is 2.69. The summed E-state index contributed by atoms with van der Waals surface area (Å²) < 4.78 is 17.0. The molecule has 0 bridgehead atoms. The molecule has 1 unspecified atom stereocenters. The van der Waals surface area contributed by atoms with Crippen molar-refractivity contribution in [2.45, 2.75) is 38.6 Å². The average Bonchev–Trinajstić information content (AvgIpc) is 2.51. The second-order valence-electron chi connectivity index (χ2n) is 3.30. The number of thiol groups is 1. The molecule has 0 radical (unpaired) electrons. The standard InChI is InChI=1S/C10H20O3S/c1-3-12-10(13-4-2)6-7-11-9(10)5-8-14/h9,14H,3-8H2,1-2H3. The van der Waals surface area contributed by atoms with Crippen molar-refractivity contribution in [1.29, 1.82) is 0 Å². The molecule has 1 heterocycles. The van der Waals surface area contributed by atoms with E-state index < -0.39 is 5.79 Å². The van der Waals surface area contributed by atoms with Gasteiger partial charge in [-0.3, -0.25) is 0 Å². The highest BCUT2D eigenvalue weighted by atomic mass is 32.1. The fourth-order valence-corrected chi connectivity index (χ4v) is 2.15. The number of rotatable bonds is 6. The molecule has 0 aliphatic carbocycles. The van der Waals surface area contributed by atoms with Gasteiger partial charge in [-0.05, 0) is 26.0 Å². The molecule has 14 heavy (non-hydrogen) atoms. The van der Waals surface area contributed by atoms with Gasteiger partial charge in [-0.15, -0.1) is 0 Å². The van der Waals surface area contributed by atoms with Crippen molar-refractivity contribution in [3.63, 3.8) is 0 Å². The molecule has 0 saturated carbocycles. The molecule has 0 spiro atoms. The van der Waals surface area contributed by atoms with E-state index >= 15 is 0 Å². The Kier molecular flexibility index (Phi) is 5.23. The molecule has 0 aromatic rings. The lowest BCUT2D eigenvalue weighted by atomic mass is 10.1. The molecule has 1 rings (SSSR count). The maximum atomic E-state index is 5.71. The van der Waals surface area contributed by atoms with Gasteiger partial charge in [0.2, 0.25) is 0 Å². The lowest BCUT2D eigenvalue weighted by Gasteiger charge is -2.33. The summed E-state index contributed by atoms with van der Waals surface area (Å²) in [6, 6.07) is 0. The Balaban J connectivity index is 2.61. The first kappa shape index (κ1) is 12.3. The van der Waals surface area contributed by atoms with Gasteiger partial charge in [-0.1, -0.05) is 0 Å². The summed E-state index contributed by atoms with van der Waals surface area (Å²) in [6.07, 6.45) is 1.75. The van der Waals surface area contributed by atoms with Gasteiger partial charge in [0.1, 0.15) is 6.10 Å². The first-order valence-electron chi connectivity index (χ1n) is 5.29. The normalized spacial score (nSPS) is 25.5. The molecule has 84 valence electrons. The summed E-state index contributed by atoms with van der Waals surface area (Å²) >= 11 is 4.22. The molecule has 1 saturated heterocycles. The van der Waals surface area contributed by atoms with Crippen molar-refractivity contribution in [2.24, 2.45) is 0 Å². The molecule has 1 fully saturated rings. The van der Waals surface area contributed by atoms with Crippen LogP contribution in [0.4, 0.5) is 0 Å². The molecule has 1 aliphatic rings. The number of hydrogen-bond donors (Lipinski definition) is 1. The summed E-state index contributed by atoms with van der Waals surface area (Å²) in [4.78, 5) is 0. The number of hydrogen-bond acceptors (Lipinski definition) is 4. The van der Waals surface area contributed by atoms with Crippen LogP contribution in [0, 0.1) is 0 Å². The van der Waals surface area contributed by atoms with E-state index in [4.69, 9.17) is 14.2 Å². The lowest BCUT2D eigenvalue weighted by Crippen LogP contribution is -2.44. The van der Waals surface area contributed by atoms with Crippen LogP contribution in [0.3, 0.4) is 0 Å². The van der Waals surface area contributed by atoms with Gasteiger partial charge in [-0.25, -0.2) is 0 Å². The quantitative estimate of drug-likeness (QED) is 0.547. The van der Waals surface area contributed by atoms with Gasteiger partial charge in [-0.2, -0.15) is 12.6 Å². The highest BCUT2D eigenvalue weighted by Gasteiger charge is 2.45. The molecule has 1 atom stereocenters. The highest BCUT2D eigenvalue weighted by Crippen LogP contribution is 2.33. The van der Waals surface area contributed by atoms with Crippen LogP contribution in [0.25, 0.3) is 0 Å². The highest BCUT2D eigenvalue weighted by molar-refractivity contribution is 7.80. The van der Waals surface area contributed by atoms with Crippen LogP contribution in [-0.2, 0) is 14.2 Å². The Morgan fingerprint density at radius 1 is 1.36 bits per heavy atom. The van der Waals surface area contributed by atoms with Crippen molar-refractivity contribution in [3.05, 3.63) is 0 Å². The van der Waals surface area contributed by atoms with Gasteiger partial charge in [0.15, 0.2) is 5.79 Å². The second kappa shape index (κ2) is 5.95. The zero-order chi connectivity index (χ0) is 10.4. The van der Waals surface area contributed by atoms with Gasteiger partial charge in [0.25, 0.3) is 0 Å². The van der Waals surface area contributed by atoms with Crippen molar-refractivity contribution >= 4 is 12.6 Å². The van der Waals surface area contributed by atoms with E-state index in [9.17, 15) is 0 Å². The molecule has 0 aromatic heterocycles. The molecule has 1 aliphatic heterocycles. The average molecular weight is 220 g/mol. The molecular formula is C10H20O3S. The van der Waals surface area contributed by atoms with Crippen LogP contribution in [0.2, 0.25) is 0 Å². The van der Waals surface area contributed by atoms with Gasteiger partial charge in [0, 0.05) is 19.6 Å². The molecule has 3 nitrogen and oxygen atoms in total. The zero-order valence-electron chi connectivity index (χ0n) is 8.99. The number of ether oxygens (including phenoxy) is 3. The molecule has 0 N–H and O–H groups in total. The third kappa shape index (κ3) is 2.63. The van der Waals surface area contributed by atoms with E-state index in [2.05, 4.69) is 12.6 Å². The minimum atomic E-state index is -0.508. The van der Waals surface area contributed by atoms with Crippen LogP contribution >= 0.6 is 12.6 Å². The molecule has 4 heteroatoms. The summed E-state index contributed by atoms with van der Waals surface area (Å²) in [7, 11) is 0. The van der Waals surface area contributed by atoms with E-state index in [1.807, 2.05) is 13.8 Å². The maximum Gasteiger partial charge on any atom is 0.196 e. The van der Waals surface area contributed by atoms with Crippen molar-refractivity contribution in [3.8, 4) is 0 Å². The maximum absolute atomic E-state index is 5.71. The predicted molar refractivity (Wildman–Crippen MR) is 58.8 cm³/mol. The Labute approximate surface area is 91.5 Å². The van der Waals surface area contributed by atoms with Crippen molar-refractivity contribution < 1.29 is 14.2 Å². The van der Waals surface area contributed by atoms with E-state index in [0.29, 0.717) is 13.2 Å². The summed E-state index contributed by atoms with van der Waals surface area (Å²) in [5.74, 6) is 0.290. The smallest absolute Gasteiger partial charge is 0.196 e. The first-order valence-corrected chi connectivity index (χ1v) is 5.92. The lowest BCUT2D eigenvalue weighted by molar-refractivity contribution is -0.255. The fourth-order valence-electron chi connectivity index (χ4n) is 1.91. The Morgan fingerprint density at radius 2 is 2.00 bits per heavy atom. The van der Waals surface area contributed by atoms with Gasteiger partial charge in [0.05, 0.1) is 6.61 Å². The van der Waals surface area contributed by atoms with Crippen LogP contribution in [0.5, 0.6) is 0 Å². The van der Waals surface area contributed by atoms with Crippen LogP contribution in [0.1, 0.15) is 26.7 Å². The molecule has 0 aromatic carbocycles. The van der Waals surface area contributed by atoms with Crippen LogP contribution in [0.15, 0.2) is 0 Å². The molecule has 0 amide bonds. The first-order chi connectivity index (χ1) is 6.79. The summed E-state index contributed by atoms with van der Waals surface area (Å²) in [6.45, 7) is 6.00. The topological polar surface area (TPSA) is 27.7 Å². The van der Waals surface area contributed by atoms with Crippen LogP contribution in [-0.4, -0.2) is 37.5 Å². The van der Waals surface area contributed by atoms with Crippen LogP contribution < -0.4 is 0 Å². The fraction of sp³-hybridized carbons (Fsp3) is 1.00. The van der Waals surface area contributed by atoms with E-state index in [1.54, 1.807) is 0 Å². The van der Waals surface area contributed by atoms with E-state index in [-0.39, 0.29) is 6.10 Å².